The molecule has 1 aromatic heterocycles. The SMILES string of the molecule is CCc1nnc(C)cc1C(CC1Cc2ccccc21)NC. The molecule has 1 aliphatic rings. The summed E-state index contributed by atoms with van der Waals surface area (Å²) >= 11 is 0. The van der Waals surface area contributed by atoms with Crippen molar-refractivity contribution in [3.8, 4) is 0 Å². The van der Waals surface area contributed by atoms with E-state index < -0.39 is 0 Å². The van der Waals surface area contributed by atoms with Crippen LogP contribution in [-0.4, -0.2) is 17.2 Å². The van der Waals surface area contributed by atoms with E-state index in [1.807, 2.05) is 14.0 Å². The highest BCUT2D eigenvalue weighted by Gasteiger charge is 2.29. The summed E-state index contributed by atoms with van der Waals surface area (Å²) in [7, 11) is 2.05. The molecule has 1 aliphatic carbocycles. The Balaban J connectivity index is 1.82. The van der Waals surface area contributed by atoms with Gasteiger partial charge in [-0.05, 0) is 61.9 Å². The second-order valence-electron chi connectivity index (χ2n) is 5.92. The predicted molar refractivity (Wildman–Crippen MR) is 85.5 cm³/mol. The topological polar surface area (TPSA) is 37.8 Å². The molecule has 0 spiro atoms. The zero-order valence-corrected chi connectivity index (χ0v) is 13.1. The van der Waals surface area contributed by atoms with Gasteiger partial charge in [-0.2, -0.15) is 10.2 Å². The summed E-state index contributed by atoms with van der Waals surface area (Å²) in [5, 5.41) is 12.1. The van der Waals surface area contributed by atoms with Crippen molar-refractivity contribution >= 4 is 0 Å². The molecule has 0 bridgehead atoms. The molecule has 0 saturated carbocycles. The number of aryl methyl sites for hydroxylation is 2. The van der Waals surface area contributed by atoms with Crippen LogP contribution < -0.4 is 5.32 Å². The number of hydrogen-bond acceptors (Lipinski definition) is 3. The minimum Gasteiger partial charge on any atom is -0.313 e. The number of nitrogens with zero attached hydrogens (tertiary/aromatic N) is 2. The third kappa shape index (κ3) is 2.70. The van der Waals surface area contributed by atoms with Gasteiger partial charge in [0.25, 0.3) is 0 Å². The smallest absolute Gasteiger partial charge is 0.0676 e. The molecule has 3 heteroatoms. The summed E-state index contributed by atoms with van der Waals surface area (Å²) in [6.07, 6.45) is 3.26. The molecule has 2 aromatic rings. The van der Waals surface area contributed by atoms with Crippen molar-refractivity contribution in [1.82, 2.24) is 15.5 Å². The minimum atomic E-state index is 0.354. The van der Waals surface area contributed by atoms with Crippen LogP contribution in [-0.2, 0) is 12.8 Å². The average Bonchev–Trinajstić information content (AvgIpc) is 2.48. The first-order valence-electron chi connectivity index (χ1n) is 7.81. The van der Waals surface area contributed by atoms with Gasteiger partial charge in [0.2, 0.25) is 0 Å². The highest BCUT2D eigenvalue weighted by atomic mass is 15.1. The second kappa shape index (κ2) is 5.94. The van der Waals surface area contributed by atoms with E-state index in [9.17, 15) is 0 Å². The number of fused-ring (bicyclic) bond motifs is 1. The molecule has 2 atom stereocenters. The van der Waals surface area contributed by atoms with E-state index in [2.05, 4.69) is 52.8 Å². The first kappa shape index (κ1) is 14.2. The Labute approximate surface area is 126 Å². The average molecular weight is 281 g/mol. The highest BCUT2D eigenvalue weighted by Crippen LogP contribution is 2.40. The van der Waals surface area contributed by atoms with E-state index in [-0.39, 0.29) is 0 Å². The fourth-order valence-electron chi connectivity index (χ4n) is 3.37. The zero-order chi connectivity index (χ0) is 14.8. The fourth-order valence-corrected chi connectivity index (χ4v) is 3.37. The highest BCUT2D eigenvalue weighted by molar-refractivity contribution is 5.40. The molecule has 1 N–H and O–H groups in total. The lowest BCUT2D eigenvalue weighted by Crippen LogP contribution is -2.26. The van der Waals surface area contributed by atoms with Gasteiger partial charge in [0.1, 0.15) is 0 Å². The molecule has 1 aromatic carbocycles. The van der Waals surface area contributed by atoms with Crippen molar-refractivity contribution in [3.63, 3.8) is 0 Å². The molecule has 0 amide bonds. The molecule has 0 aliphatic heterocycles. The van der Waals surface area contributed by atoms with Crippen LogP contribution in [0.1, 0.15) is 53.4 Å². The maximum Gasteiger partial charge on any atom is 0.0676 e. The van der Waals surface area contributed by atoms with Crippen LogP contribution in [0.3, 0.4) is 0 Å². The molecule has 0 radical (unpaired) electrons. The van der Waals surface area contributed by atoms with Crippen molar-refractivity contribution in [1.29, 1.82) is 0 Å². The van der Waals surface area contributed by atoms with E-state index in [1.54, 1.807) is 0 Å². The Morgan fingerprint density at radius 1 is 1.29 bits per heavy atom. The van der Waals surface area contributed by atoms with Crippen LogP contribution in [0, 0.1) is 6.92 Å². The largest absolute Gasteiger partial charge is 0.313 e. The van der Waals surface area contributed by atoms with E-state index in [0.717, 1.165) is 24.2 Å². The van der Waals surface area contributed by atoms with Gasteiger partial charge in [0, 0.05) is 6.04 Å². The molecule has 0 fully saturated rings. The number of nitrogens with one attached hydrogen (secondary N) is 1. The lowest BCUT2D eigenvalue weighted by molar-refractivity contribution is 0.448. The summed E-state index contributed by atoms with van der Waals surface area (Å²) in [4.78, 5) is 0. The Morgan fingerprint density at radius 2 is 2.10 bits per heavy atom. The zero-order valence-electron chi connectivity index (χ0n) is 13.1. The molecule has 21 heavy (non-hydrogen) atoms. The molecule has 3 rings (SSSR count). The third-order valence-corrected chi connectivity index (χ3v) is 4.57. The van der Waals surface area contributed by atoms with Gasteiger partial charge in [0.05, 0.1) is 11.4 Å². The molecular formula is C18H23N3. The Kier molecular flexibility index (Phi) is 4.02. The van der Waals surface area contributed by atoms with Gasteiger partial charge >= 0.3 is 0 Å². The van der Waals surface area contributed by atoms with Crippen molar-refractivity contribution < 1.29 is 0 Å². The van der Waals surface area contributed by atoms with Crippen molar-refractivity contribution in [2.24, 2.45) is 0 Å². The summed E-state index contributed by atoms with van der Waals surface area (Å²) < 4.78 is 0. The Hall–Kier alpha value is -1.74. The van der Waals surface area contributed by atoms with Crippen LogP contribution in [0.4, 0.5) is 0 Å². The van der Waals surface area contributed by atoms with Crippen LogP contribution in [0.2, 0.25) is 0 Å². The third-order valence-electron chi connectivity index (χ3n) is 4.57. The summed E-state index contributed by atoms with van der Waals surface area (Å²) in [6.45, 7) is 4.16. The van der Waals surface area contributed by atoms with Crippen molar-refractivity contribution in [2.45, 2.75) is 45.1 Å². The number of aromatic nitrogens is 2. The van der Waals surface area contributed by atoms with E-state index in [4.69, 9.17) is 0 Å². The summed E-state index contributed by atoms with van der Waals surface area (Å²) in [6, 6.07) is 11.3. The molecule has 1 heterocycles. The Morgan fingerprint density at radius 3 is 2.81 bits per heavy atom. The summed E-state index contributed by atoms with van der Waals surface area (Å²) in [5.74, 6) is 0.664. The van der Waals surface area contributed by atoms with E-state index >= 15 is 0 Å². The van der Waals surface area contributed by atoms with Crippen LogP contribution >= 0.6 is 0 Å². The lowest BCUT2D eigenvalue weighted by atomic mass is 9.73. The first-order valence-corrected chi connectivity index (χ1v) is 7.81. The standard InChI is InChI=1S/C18H23N3/c1-4-17-16(9-12(2)20-21-17)18(19-3)11-14-10-13-7-5-6-8-15(13)14/h5-9,14,18-19H,4,10-11H2,1-3H3. The van der Waals surface area contributed by atoms with Crippen LogP contribution in [0.15, 0.2) is 30.3 Å². The molecular weight excluding hydrogens is 258 g/mol. The maximum atomic E-state index is 4.37. The second-order valence-corrected chi connectivity index (χ2v) is 5.92. The first-order chi connectivity index (χ1) is 10.2. The predicted octanol–water partition coefficient (Wildman–Crippen LogP) is 3.34. The summed E-state index contributed by atoms with van der Waals surface area (Å²) in [5.41, 5.74) is 6.47. The number of rotatable bonds is 5. The molecule has 2 unspecified atom stereocenters. The van der Waals surface area contributed by atoms with Gasteiger partial charge in [-0.3, -0.25) is 0 Å². The number of benzene rings is 1. The van der Waals surface area contributed by atoms with Crippen molar-refractivity contribution in [2.75, 3.05) is 7.05 Å². The number of hydrogen-bond donors (Lipinski definition) is 1. The maximum absolute atomic E-state index is 4.37. The van der Waals surface area contributed by atoms with Gasteiger partial charge < -0.3 is 5.32 Å². The fraction of sp³-hybridized carbons (Fsp3) is 0.444. The van der Waals surface area contributed by atoms with Crippen molar-refractivity contribution in [3.05, 3.63) is 58.4 Å². The minimum absolute atomic E-state index is 0.354. The molecule has 3 nitrogen and oxygen atoms in total. The van der Waals surface area contributed by atoms with E-state index in [0.29, 0.717) is 12.0 Å². The quantitative estimate of drug-likeness (QED) is 0.913. The molecule has 110 valence electrons. The monoisotopic (exact) mass is 281 g/mol. The Bertz CT molecular complexity index is 636. The lowest BCUT2D eigenvalue weighted by Gasteiger charge is -2.33. The van der Waals surface area contributed by atoms with Gasteiger partial charge in [-0.15, -0.1) is 0 Å². The molecule has 0 saturated heterocycles. The van der Waals surface area contributed by atoms with Gasteiger partial charge in [-0.1, -0.05) is 31.2 Å². The van der Waals surface area contributed by atoms with E-state index in [1.165, 1.54) is 23.1 Å². The normalized spacial score (nSPS) is 18.0. The van der Waals surface area contributed by atoms with Gasteiger partial charge in [0.15, 0.2) is 0 Å². The van der Waals surface area contributed by atoms with Crippen LogP contribution in [0.25, 0.3) is 0 Å². The van der Waals surface area contributed by atoms with Gasteiger partial charge in [-0.25, -0.2) is 0 Å². The van der Waals surface area contributed by atoms with Crippen LogP contribution in [0.5, 0.6) is 0 Å².